The summed E-state index contributed by atoms with van der Waals surface area (Å²) in [4.78, 5) is 11.0. The Bertz CT molecular complexity index is 186. The first-order valence-electron chi connectivity index (χ1n) is 6.06. The Labute approximate surface area is 110 Å². The monoisotopic (exact) mass is 264 g/mol. The van der Waals surface area contributed by atoms with Crippen LogP contribution in [0, 0.1) is 11.8 Å². The van der Waals surface area contributed by atoms with Crippen molar-refractivity contribution in [2.45, 2.75) is 45.4 Å². The van der Waals surface area contributed by atoms with Crippen molar-refractivity contribution >= 4 is 31.2 Å². The van der Waals surface area contributed by atoms with E-state index in [-0.39, 0.29) is 5.92 Å². The maximum Gasteiger partial charge on any atom is 0.306 e. The lowest BCUT2D eigenvalue weighted by atomic mass is 9.91. The van der Waals surface area contributed by atoms with Gasteiger partial charge in [0.15, 0.2) is 0 Å². The van der Waals surface area contributed by atoms with Crippen LogP contribution in [-0.4, -0.2) is 22.6 Å². The van der Waals surface area contributed by atoms with E-state index in [1.807, 2.05) is 0 Å². The molecule has 0 radical (unpaired) electrons. The van der Waals surface area contributed by atoms with Crippen molar-refractivity contribution < 1.29 is 9.90 Å². The normalized spacial score (nSPS) is 14.7. The van der Waals surface area contributed by atoms with Crippen molar-refractivity contribution in [1.82, 2.24) is 0 Å². The van der Waals surface area contributed by atoms with Gasteiger partial charge in [0.25, 0.3) is 0 Å². The number of rotatable bonds is 10. The van der Waals surface area contributed by atoms with Gasteiger partial charge in [0, 0.05) is 0 Å². The molecule has 0 amide bonds. The van der Waals surface area contributed by atoms with Gasteiger partial charge in [0.05, 0.1) is 5.92 Å². The highest BCUT2D eigenvalue weighted by molar-refractivity contribution is 7.80. The summed E-state index contributed by atoms with van der Waals surface area (Å²) in [5.74, 6) is 1.49. The molecule has 0 fully saturated rings. The Morgan fingerprint density at radius 3 is 2.12 bits per heavy atom. The summed E-state index contributed by atoms with van der Waals surface area (Å²) in [5, 5.41) is 9.05. The minimum absolute atomic E-state index is 0.175. The van der Waals surface area contributed by atoms with Gasteiger partial charge in [-0.2, -0.15) is 25.3 Å². The molecule has 0 aliphatic rings. The quantitative estimate of drug-likeness (QED) is 0.528. The zero-order chi connectivity index (χ0) is 12.4. The summed E-state index contributed by atoms with van der Waals surface area (Å²) in [7, 11) is 0. The predicted octanol–water partition coefficient (Wildman–Crippen LogP) is 3.52. The van der Waals surface area contributed by atoms with Crippen LogP contribution in [0.4, 0.5) is 0 Å². The van der Waals surface area contributed by atoms with E-state index in [1.165, 1.54) is 0 Å². The standard InChI is InChI=1S/C12H24O2S2/c1-10(4-2-8-15)6-7-11(12(13)14)5-3-9-16/h10-11,15-16H,2-9H2,1H3,(H,13,14). The zero-order valence-electron chi connectivity index (χ0n) is 10.1. The predicted molar refractivity (Wildman–Crippen MR) is 75.7 cm³/mol. The van der Waals surface area contributed by atoms with Crippen molar-refractivity contribution in [3.63, 3.8) is 0 Å². The first-order chi connectivity index (χ1) is 7.61. The first-order valence-corrected chi connectivity index (χ1v) is 7.32. The summed E-state index contributed by atoms with van der Waals surface area (Å²) in [5.41, 5.74) is 0. The molecule has 0 aliphatic carbocycles. The van der Waals surface area contributed by atoms with Crippen molar-refractivity contribution in [2.24, 2.45) is 11.8 Å². The van der Waals surface area contributed by atoms with Gasteiger partial charge in [-0.3, -0.25) is 4.79 Å². The van der Waals surface area contributed by atoms with Gasteiger partial charge in [-0.05, 0) is 55.9 Å². The molecule has 0 heterocycles. The molecule has 96 valence electrons. The van der Waals surface area contributed by atoms with E-state index in [4.69, 9.17) is 5.11 Å². The molecule has 0 aromatic rings. The van der Waals surface area contributed by atoms with Crippen LogP contribution in [0.2, 0.25) is 0 Å². The highest BCUT2D eigenvalue weighted by atomic mass is 32.1. The summed E-state index contributed by atoms with van der Waals surface area (Å²) in [6.45, 7) is 2.20. The molecule has 2 unspecified atom stereocenters. The average molecular weight is 264 g/mol. The van der Waals surface area contributed by atoms with Gasteiger partial charge < -0.3 is 5.11 Å². The second kappa shape index (κ2) is 10.3. The number of hydrogen-bond acceptors (Lipinski definition) is 3. The minimum atomic E-state index is -0.650. The molecule has 0 spiro atoms. The molecule has 1 N–H and O–H groups in total. The topological polar surface area (TPSA) is 37.3 Å². The molecular weight excluding hydrogens is 240 g/mol. The van der Waals surface area contributed by atoms with E-state index in [0.717, 1.165) is 50.0 Å². The van der Waals surface area contributed by atoms with E-state index >= 15 is 0 Å². The van der Waals surface area contributed by atoms with Crippen LogP contribution in [0.5, 0.6) is 0 Å². The van der Waals surface area contributed by atoms with Crippen molar-refractivity contribution in [2.75, 3.05) is 11.5 Å². The molecule has 2 atom stereocenters. The largest absolute Gasteiger partial charge is 0.481 e. The Kier molecular flexibility index (Phi) is 10.4. The molecule has 0 saturated heterocycles. The zero-order valence-corrected chi connectivity index (χ0v) is 11.9. The number of carbonyl (C=O) groups is 1. The smallest absolute Gasteiger partial charge is 0.306 e. The average Bonchev–Trinajstić information content (AvgIpc) is 2.25. The van der Waals surface area contributed by atoms with Gasteiger partial charge in [0.1, 0.15) is 0 Å². The Hall–Kier alpha value is 0.170. The van der Waals surface area contributed by atoms with Gasteiger partial charge in [-0.15, -0.1) is 0 Å². The third-order valence-corrected chi connectivity index (χ3v) is 3.56. The number of carboxylic acid groups (broad SMARTS) is 1. The summed E-state index contributed by atoms with van der Waals surface area (Å²) in [6, 6.07) is 0. The van der Waals surface area contributed by atoms with E-state index in [0.29, 0.717) is 5.92 Å². The Morgan fingerprint density at radius 2 is 1.62 bits per heavy atom. The Morgan fingerprint density at radius 1 is 1.06 bits per heavy atom. The molecule has 16 heavy (non-hydrogen) atoms. The highest BCUT2D eigenvalue weighted by Crippen LogP contribution is 2.20. The lowest BCUT2D eigenvalue weighted by molar-refractivity contribution is -0.142. The summed E-state index contributed by atoms with van der Waals surface area (Å²) >= 11 is 8.30. The van der Waals surface area contributed by atoms with Crippen LogP contribution in [0.3, 0.4) is 0 Å². The summed E-state index contributed by atoms with van der Waals surface area (Å²) < 4.78 is 0. The van der Waals surface area contributed by atoms with Crippen LogP contribution in [0.1, 0.15) is 45.4 Å². The highest BCUT2D eigenvalue weighted by Gasteiger charge is 2.17. The molecule has 0 rings (SSSR count). The van der Waals surface area contributed by atoms with E-state index in [9.17, 15) is 4.79 Å². The van der Waals surface area contributed by atoms with Crippen LogP contribution in [-0.2, 0) is 4.79 Å². The molecule has 4 heteroatoms. The maximum atomic E-state index is 11.0. The first kappa shape index (κ1) is 16.2. The second-order valence-corrected chi connectivity index (χ2v) is 5.34. The fourth-order valence-corrected chi connectivity index (χ4v) is 2.16. The van der Waals surface area contributed by atoms with Crippen LogP contribution in [0.15, 0.2) is 0 Å². The van der Waals surface area contributed by atoms with Gasteiger partial charge in [-0.1, -0.05) is 6.92 Å². The lowest BCUT2D eigenvalue weighted by Crippen LogP contribution is -2.15. The van der Waals surface area contributed by atoms with Crippen molar-refractivity contribution in [3.8, 4) is 0 Å². The molecule has 0 aliphatic heterocycles. The van der Waals surface area contributed by atoms with Crippen molar-refractivity contribution in [3.05, 3.63) is 0 Å². The van der Waals surface area contributed by atoms with Crippen LogP contribution < -0.4 is 0 Å². The minimum Gasteiger partial charge on any atom is -0.481 e. The second-order valence-electron chi connectivity index (χ2n) is 4.45. The molecular formula is C12H24O2S2. The number of aliphatic carboxylic acids is 1. The number of hydrogen-bond donors (Lipinski definition) is 3. The fraction of sp³-hybridized carbons (Fsp3) is 0.917. The van der Waals surface area contributed by atoms with Gasteiger partial charge >= 0.3 is 5.97 Å². The molecule has 0 saturated carbocycles. The SMILES string of the molecule is CC(CCCS)CCC(CCCS)C(=O)O. The van der Waals surface area contributed by atoms with E-state index < -0.39 is 5.97 Å². The van der Waals surface area contributed by atoms with E-state index in [1.54, 1.807) is 0 Å². The lowest BCUT2D eigenvalue weighted by Gasteiger charge is -2.15. The molecule has 2 nitrogen and oxygen atoms in total. The fourth-order valence-electron chi connectivity index (χ4n) is 1.80. The third-order valence-electron chi connectivity index (χ3n) is 2.92. The molecule has 0 aromatic heterocycles. The van der Waals surface area contributed by atoms with E-state index in [2.05, 4.69) is 32.2 Å². The van der Waals surface area contributed by atoms with Gasteiger partial charge in [-0.25, -0.2) is 0 Å². The Balaban J connectivity index is 3.78. The third kappa shape index (κ3) is 8.34. The maximum absolute atomic E-state index is 11.0. The van der Waals surface area contributed by atoms with Gasteiger partial charge in [0.2, 0.25) is 0 Å². The molecule has 0 aromatic carbocycles. The van der Waals surface area contributed by atoms with Crippen LogP contribution in [0.25, 0.3) is 0 Å². The number of carboxylic acids is 1. The molecule has 0 bridgehead atoms. The van der Waals surface area contributed by atoms with Crippen LogP contribution >= 0.6 is 25.3 Å². The summed E-state index contributed by atoms with van der Waals surface area (Å²) in [6.07, 6.45) is 5.75. The van der Waals surface area contributed by atoms with Crippen molar-refractivity contribution in [1.29, 1.82) is 0 Å². The number of thiol groups is 2.